The normalized spacial score (nSPS) is 12.5. The molecule has 67 heavy (non-hydrogen) atoms. The summed E-state index contributed by atoms with van der Waals surface area (Å²) in [5, 5.41) is 7.35. The van der Waals surface area contributed by atoms with Crippen LogP contribution >= 0.6 is 0 Å². The molecule has 0 fully saturated rings. The number of rotatable bonds is 4. The van der Waals surface area contributed by atoms with Gasteiger partial charge in [0, 0.05) is 43.7 Å². The van der Waals surface area contributed by atoms with E-state index >= 15 is 0 Å². The molecule has 0 saturated heterocycles. The van der Waals surface area contributed by atoms with E-state index in [2.05, 4.69) is 215 Å². The van der Waals surface area contributed by atoms with E-state index in [0.717, 1.165) is 40.5 Å². The second-order valence-corrected chi connectivity index (χ2v) is 18.0. The van der Waals surface area contributed by atoms with E-state index in [0.29, 0.717) is 0 Å². The van der Waals surface area contributed by atoms with Gasteiger partial charge in [0.15, 0.2) is 0 Å². The van der Waals surface area contributed by atoms with Gasteiger partial charge < -0.3 is 13.6 Å². The third kappa shape index (κ3) is 5.65. The van der Waals surface area contributed by atoms with Crippen molar-refractivity contribution < 1.29 is 4.42 Å². The molecule has 0 N–H and O–H groups in total. The highest BCUT2D eigenvalue weighted by Crippen LogP contribution is 2.45. The fourth-order valence-electron chi connectivity index (χ4n) is 11.5. The van der Waals surface area contributed by atoms with Crippen LogP contribution in [-0.2, 0) is 12.8 Å². The maximum Gasteiger partial charge on any atom is 0.135 e. The van der Waals surface area contributed by atoms with Gasteiger partial charge in [0.05, 0.1) is 22.1 Å². The van der Waals surface area contributed by atoms with Crippen molar-refractivity contribution in [1.82, 2.24) is 9.13 Å². The van der Waals surface area contributed by atoms with Crippen molar-refractivity contribution in [3.63, 3.8) is 0 Å². The predicted octanol–water partition coefficient (Wildman–Crippen LogP) is 17.3. The first kappa shape index (κ1) is 37.9. The molecule has 0 saturated carbocycles. The zero-order chi connectivity index (χ0) is 44.3. The molecule has 0 unspecified atom stereocenters. The van der Waals surface area contributed by atoms with Gasteiger partial charge >= 0.3 is 0 Å². The third-order valence-electron chi connectivity index (χ3n) is 14.6. The number of aromatic nitrogens is 2. The van der Waals surface area contributed by atoms with E-state index in [1.165, 1.54) is 116 Å². The number of furan rings is 1. The van der Waals surface area contributed by atoms with Gasteiger partial charge in [-0.1, -0.05) is 135 Å². The molecule has 0 radical (unpaired) electrons. The molecule has 15 rings (SSSR count). The maximum atomic E-state index is 6.46. The molecule has 2 aliphatic rings. The Morgan fingerprint density at radius 1 is 0.299 bits per heavy atom. The minimum atomic E-state index is 0.899. The Labute approximate surface area is 388 Å². The minimum absolute atomic E-state index is 0.899. The molecular weight excluding hydrogens is 813 g/mol. The molecular formula is C64H44N2O. The van der Waals surface area contributed by atoms with Crippen LogP contribution in [0, 0.1) is 0 Å². The Balaban J connectivity index is 0.00000211. The number of fused-ring (bicyclic) bond motifs is 15. The van der Waals surface area contributed by atoms with Crippen LogP contribution in [0.25, 0.3) is 121 Å². The van der Waals surface area contributed by atoms with Gasteiger partial charge in [0.25, 0.3) is 0 Å². The Hall–Kier alpha value is -8.40. The first-order valence-electron chi connectivity index (χ1n) is 23.7. The lowest BCUT2D eigenvalue weighted by Crippen LogP contribution is -1.94. The lowest BCUT2D eigenvalue weighted by Gasteiger charge is -2.12. The molecule has 0 aliphatic heterocycles. The molecule has 0 amide bonds. The summed E-state index contributed by atoms with van der Waals surface area (Å²) in [7, 11) is 0. The molecule has 0 atom stereocenters. The zero-order valence-corrected chi connectivity index (χ0v) is 37.3. The molecule has 3 nitrogen and oxygen atoms in total. The van der Waals surface area contributed by atoms with Crippen LogP contribution in [0.4, 0.5) is 0 Å². The summed E-state index contributed by atoms with van der Waals surface area (Å²) < 4.78 is 11.3. The maximum absolute atomic E-state index is 6.46. The molecule has 3 heterocycles. The van der Waals surface area contributed by atoms with Crippen LogP contribution in [0.3, 0.4) is 0 Å². The molecule has 10 aromatic carbocycles. The van der Waals surface area contributed by atoms with Crippen LogP contribution < -0.4 is 0 Å². The standard InChI is InChI=1S/C62H38N2O.C2H6/c1-5-13-57-47(9-1)48-10-2-6-14-58(48)63(57)45-25-23-44-30-43-22-18-38(33-53(43)54(44)35-45)37-17-20-41-29-42-21-19-39(32-52(42)51(41)31-37)40-24-27-61-55(34-40)56-36-46(26-28-62(56)65-61)64-59-15-7-3-11-49(59)50-12-4-8-16-60(50)64;1-2/h1-28,31-36H,29-30H2;1-2H3. The van der Waals surface area contributed by atoms with Crippen molar-refractivity contribution >= 4 is 65.6 Å². The molecule has 3 aromatic heterocycles. The number of hydrogen-bond acceptors (Lipinski definition) is 1. The summed E-state index contributed by atoms with van der Waals surface area (Å²) in [6, 6.07) is 76.5. The number of hydrogen-bond donors (Lipinski definition) is 0. The van der Waals surface area contributed by atoms with Gasteiger partial charge in [-0.25, -0.2) is 0 Å². The van der Waals surface area contributed by atoms with Crippen molar-refractivity contribution in [2.24, 2.45) is 0 Å². The average Bonchev–Trinajstić information content (AvgIpc) is 4.20. The summed E-state index contributed by atoms with van der Waals surface area (Å²) in [5.41, 5.74) is 24.8. The van der Waals surface area contributed by atoms with Gasteiger partial charge in [0.2, 0.25) is 0 Å². The highest BCUT2D eigenvalue weighted by Gasteiger charge is 2.24. The Kier molecular flexibility index (Phi) is 8.24. The van der Waals surface area contributed by atoms with Crippen molar-refractivity contribution in [1.29, 1.82) is 0 Å². The molecule has 13 aromatic rings. The monoisotopic (exact) mass is 856 g/mol. The topological polar surface area (TPSA) is 23.0 Å². The largest absolute Gasteiger partial charge is 0.456 e. The smallest absolute Gasteiger partial charge is 0.135 e. The summed E-state index contributed by atoms with van der Waals surface area (Å²) in [5.74, 6) is 0. The highest BCUT2D eigenvalue weighted by molar-refractivity contribution is 6.12. The van der Waals surface area contributed by atoms with Gasteiger partial charge in [-0.2, -0.15) is 0 Å². The molecule has 3 heteroatoms. The first-order valence-corrected chi connectivity index (χ1v) is 23.7. The molecule has 316 valence electrons. The van der Waals surface area contributed by atoms with E-state index in [9.17, 15) is 0 Å². The Morgan fingerprint density at radius 3 is 1.09 bits per heavy atom. The fraction of sp³-hybridized carbons (Fsp3) is 0.0625. The number of para-hydroxylation sites is 4. The van der Waals surface area contributed by atoms with E-state index in [-0.39, 0.29) is 0 Å². The second-order valence-electron chi connectivity index (χ2n) is 18.0. The summed E-state index contributed by atoms with van der Waals surface area (Å²) in [6.45, 7) is 4.00. The van der Waals surface area contributed by atoms with Crippen molar-refractivity contribution in [2.75, 3.05) is 0 Å². The van der Waals surface area contributed by atoms with Crippen molar-refractivity contribution in [3.05, 3.63) is 229 Å². The third-order valence-corrected chi connectivity index (χ3v) is 14.6. The number of nitrogens with zero attached hydrogens (tertiary/aromatic N) is 2. The quantitative estimate of drug-likeness (QED) is 0.173. The average molecular weight is 857 g/mol. The van der Waals surface area contributed by atoms with Gasteiger partial charge in [-0.3, -0.25) is 0 Å². The first-order chi connectivity index (χ1) is 33.2. The van der Waals surface area contributed by atoms with Crippen molar-refractivity contribution in [2.45, 2.75) is 26.7 Å². The van der Waals surface area contributed by atoms with Gasteiger partial charge in [-0.05, 0) is 165 Å². The Morgan fingerprint density at radius 2 is 0.627 bits per heavy atom. The number of benzene rings is 10. The van der Waals surface area contributed by atoms with Gasteiger partial charge in [-0.15, -0.1) is 0 Å². The summed E-state index contributed by atoms with van der Waals surface area (Å²) >= 11 is 0. The fourth-order valence-corrected chi connectivity index (χ4v) is 11.5. The van der Waals surface area contributed by atoms with Crippen LogP contribution in [0.15, 0.2) is 211 Å². The van der Waals surface area contributed by atoms with Crippen LogP contribution in [0.5, 0.6) is 0 Å². The van der Waals surface area contributed by atoms with Crippen molar-refractivity contribution in [3.8, 4) is 55.9 Å². The van der Waals surface area contributed by atoms with Gasteiger partial charge in [0.1, 0.15) is 11.2 Å². The summed E-state index contributed by atoms with van der Waals surface area (Å²) in [4.78, 5) is 0. The van der Waals surface area contributed by atoms with E-state index in [1.54, 1.807) is 0 Å². The van der Waals surface area contributed by atoms with E-state index < -0.39 is 0 Å². The lowest BCUT2D eigenvalue weighted by atomic mass is 9.94. The van der Waals surface area contributed by atoms with Crippen LogP contribution in [-0.4, -0.2) is 9.13 Å². The molecule has 0 bridgehead atoms. The molecule has 0 spiro atoms. The lowest BCUT2D eigenvalue weighted by molar-refractivity contribution is 0.669. The SMILES string of the molecule is CC.c1ccc2c(c1)c1ccccc1n2-c1ccc2c(c1)-c1cc(-c3ccc4c(c3)-c3cc(-c5ccc6oc7ccc(-n8c9ccccc9c9ccccc98)cc7c6c5)ccc3C4)ccc1C2. The predicted molar refractivity (Wildman–Crippen MR) is 281 cm³/mol. The highest BCUT2D eigenvalue weighted by atomic mass is 16.3. The van der Waals surface area contributed by atoms with E-state index in [4.69, 9.17) is 4.42 Å². The van der Waals surface area contributed by atoms with E-state index in [1.807, 2.05) is 13.8 Å². The van der Waals surface area contributed by atoms with Crippen LogP contribution in [0.2, 0.25) is 0 Å². The molecule has 2 aliphatic carbocycles. The minimum Gasteiger partial charge on any atom is -0.456 e. The zero-order valence-electron chi connectivity index (χ0n) is 37.3. The summed E-state index contributed by atoms with van der Waals surface area (Å²) in [6.07, 6.45) is 1.91. The van der Waals surface area contributed by atoms with Crippen LogP contribution in [0.1, 0.15) is 36.1 Å². The second kappa shape index (κ2) is 14.6. The Bertz CT molecular complexity index is 4090.